The van der Waals surface area contributed by atoms with Gasteiger partial charge in [-0.2, -0.15) is 0 Å². The van der Waals surface area contributed by atoms with Gasteiger partial charge >= 0.3 is 0 Å². The van der Waals surface area contributed by atoms with Crippen molar-refractivity contribution in [2.45, 2.75) is 13.3 Å². The molecule has 0 aliphatic carbocycles. The fourth-order valence-electron chi connectivity index (χ4n) is 1.69. The summed E-state index contributed by atoms with van der Waals surface area (Å²) >= 11 is 3.38. The summed E-state index contributed by atoms with van der Waals surface area (Å²) in [4.78, 5) is 22.6. The predicted octanol–water partition coefficient (Wildman–Crippen LogP) is 2.27. The molecule has 3 nitrogen and oxygen atoms in total. The Hall–Kier alpha value is -1.42. The maximum Gasteiger partial charge on any atom is 0.254 e. The molecule has 0 atom stereocenters. The predicted molar refractivity (Wildman–Crippen MR) is 64.5 cm³/mol. The van der Waals surface area contributed by atoms with Crippen LogP contribution in [0, 0.1) is 0 Å². The number of amides is 2. The topological polar surface area (TPSA) is 46.2 Å². The van der Waals surface area contributed by atoms with Crippen LogP contribution in [0.4, 0.5) is 0 Å². The van der Waals surface area contributed by atoms with Crippen molar-refractivity contribution >= 4 is 33.3 Å². The first-order valence-corrected chi connectivity index (χ1v) is 5.67. The number of carbonyl (C=O) groups is 2. The fraction of sp³-hybridized carbons (Fsp3) is 0.167. The van der Waals surface area contributed by atoms with Gasteiger partial charge in [0, 0.05) is 10.0 Å². The summed E-state index contributed by atoms with van der Waals surface area (Å²) in [5, 5.41) is 2.28. The molecule has 4 heteroatoms. The van der Waals surface area contributed by atoms with Crippen LogP contribution in [-0.2, 0) is 9.59 Å². The molecule has 1 fully saturated rings. The quantitative estimate of drug-likeness (QED) is 0.633. The van der Waals surface area contributed by atoms with Gasteiger partial charge in [0.25, 0.3) is 5.91 Å². The number of hydrogen-bond donors (Lipinski definition) is 1. The van der Waals surface area contributed by atoms with Crippen LogP contribution in [-0.4, -0.2) is 11.8 Å². The molecule has 2 amide bonds. The van der Waals surface area contributed by atoms with Gasteiger partial charge in [0.2, 0.25) is 5.91 Å². The molecule has 0 bridgehead atoms. The number of rotatable bonds is 1. The molecule has 2 rings (SSSR count). The van der Waals surface area contributed by atoms with Crippen LogP contribution < -0.4 is 5.32 Å². The highest BCUT2D eigenvalue weighted by Gasteiger charge is 2.26. The number of benzene rings is 1. The van der Waals surface area contributed by atoms with Gasteiger partial charge in [-0.3, -0.25) is 14.9 Å². The monoisotopic (exact) mass is 279 g/mol. The van der Waals surface area contributed by atoms with Gasteiger partial charge in [0.15, 0.2) is 0 Å². The molecule has 1 N–H and O–H groups in total. The largest absolute Gasteiger partial charge is 0.292 e. The summed E-state index contributed by atoms with van der Waals surface area (Å²) in [6.07, 6.45) is 0.178. The molecule has 0 spiro atoms. The van der Waals surface area contributed by atoms with Crippen LogP contribution in [0.15, 0.2) is 34.3 Å². The van der Waals surface area contributed by atoms with Gasteiger partial charge in [-0.05, 0) is 30.2 Å². The van der Waals surface area contributed by atoms with E-state index < -0.39 is 0 Å². The van der Waals surface area contributed by atoms with Gasteiger partial charge < -0.3 is 0 Å². The van der Waals surface area contributed by atoms with Crippen LogP contribution >= 0.6 is 15.9 Å². The normalized spacial score (nSPS) is 18.6. The summed E-state index contributed by atoms with van der Waals surface area (Å²) in [7, 11) is 0. The van der Waals surface area contributed by atoms with E-state index in [1.807, 2.05) is 31.2 Å². The van der Waals surface area contributed by atoms with Crippen molar-refractivity contribution in [2.75, 3.05) is 0 Å². The third-order valence-corrected chi connectivity index (χ3v) is 3.07. The third-order valence-electron chi connectivity index (χ3n) is 2.57. The molecule has 82 valence electrons. The lowest BCUT2D eigenvalue weighted by molar-refractivity contribution is -0.124. The highest BCUT2D eigenvalue weighted by atomic mass is 79.9. The molecule has 0 unspecified atom stereocenters. The molecule has 0 aromatic heterocycles. The lowest BCUT2D eigenvalue weighted by Gasteiger charge is -2.04. The molecular formula is C12H10BrNO2. The van der Waals surface area contributed by atoms with Gasteiger partial charge in [0.05, 0.1) is 6.42 Å². The van der Waals surface area contributed by atoms with E-state index in [2.05, 4.69) is 21.2 Å². The third kappa shape index (κ3) is 2.07. The van der Waals surface area contributed by atoms with E-state index in [9.17, 15) is 9.59 Å². The van der Waals surface area contributed by atoms with Crippen molar-refractivity contribution in [3.63, 3.8) is 0 Å². The molecule has 1 saturated heterocycles. The van der Waals surface area contributed by atoms with Crippen molar-refractivity contribution in [1.29, 1.82) is 0 Å². The van der Waals surface area contributed by atoms with Crippen molar-refractivity contribution in [1.82, 2.24) is 5.32 Å². The minimum atomic E-state index is -0.275. The molecule has 1 aliphatic heterocycles. The summed E-state index contributed by atoms with van der Waals surface area (Å²) in [5.41, 5.74) is 2.36. The van der Waals surface area contributed by atoms with Gasteiger partial charge in [-0.25, -0.2) is 0 Å². The lowest BCUT2D eigenvalue weighted by Crippen LogP contribution is -2.19. The van der Waals surface area contributed by atoms with Crippen LogP contribution in [0.2, 0.25) is 0 Å². The number of halogens is 1. The van der Waals surface area contributed by atoms with Crippen LogP contribution in [0.25, 0.3) is 5.57 Å². The number of carbonyl (C=O) groups excluding carboxylic acids is 2. The SMILES string of the molecule is CC(=C1CC(=O)NC1=O)c1cccc(Br)c1. The van der Waals surface area contributed by atoms with E-state index >= 15 is 0 Å². The lowest BCUT2D eigenvalue weighted by atomic mass is 10.0. The second-order valence-corrected chi connectivity index (χ2v) is 4.58. The second-order valence-electron chi connectivity index (χ2n) is 3.67. The maximum absolute atomic E-state index is 11.5. The van der Waals surface area contributed by atoms with Gasteiger partial charge in [0.1, 0.15) is 0 Å². The first-order chi connectivity index (χ1) is 7.58. The molecule has 1 aromatic carbocycles. The van der Waals surface area contributed by atoms with E-state index in [0.29, 0.717) is 5.57 Å². The molecule has 0 saturated carbocycles. The van der Waals surface area contributed by atoms with Gasteiger partial charge in [-0.1, -0.05) is 28.1 Å². The number of allylic oxidation sites excluding steroid dienone is 1. The Balaban J connectivity index is 2.45. The zero-order valence-corrected chi connectivity index (χ0v) is 10.3. The van der Waals surface area contributed by atoms with Crippen molar-refractivity contribution in [3.05, 3.63) is 39.9 Å². The average Bonchev–Trinajstić information content (AvgIpc) is 2.57. The Morgan fingerprint density at radius 3 is 2.69 bits per heavy atom. The Bertz CT molecular complexity index is 505. The average molecular weight is 280 g/mol. The summed E-state index contributed by atoms with van der Waals surface area (Å²) < 4.78 is 0.953. The zero-order chi connectivity index (χ0) is 11.7. The summed E-state index contributed by atoms with van der Waals surface area (Å²) in [5.74, 6) is -0.503. The number of nitrogens with one attached hydrogen (secondary N) is 1. The minimum absolute atomic E-state index is 0.178. The Kier molecular flexibility index (Phi) is 2.92. The molecule has 1 aromatic rings. The van der Waals surface area contributed by atoms with Gasteiger partial charge in [-0.15, -0.1) is 0 Å². The van der Waals surface area contributed by atoms with Crippen LogP contribution in [0.5, 0.6) is 0 Å². The highest BCUT2D eigenvalue weighted by molar-refractivity contribution is 9.10. The van der Waals surface area contributed by atoms with Crippen molar-refractivity contribution in [3.8, 4) is 0 Å². The maximum atomic E-state index is 11.5. The molecule has 1 aliphatic rings. The van der Waals surface area contributed by atoms with E-state index in [1.165, 1.54) is 0 Å². The van der Waals surface area contributed by atoms with Crippen LogP contribution in [0.3, 0.4) is 0 Å². The summed E-state index contributed by atoms with van der Waals surface area (Å²) in [6.45, 7) is 1.86. The highest BCUT2D eigenvalue weighted by Crippen LogP contribution is 2.25. The Morgan fingerprint density at radius 2 is 2.12 bits per heavy atom. The molecule has 16 heavy (non-hydrogen) atoms. The van der Waals surface area contributed by atoms with E-state index in [4.69, 9.17) is 0 Å². The number of hydrogen-bond acceptors (Lipinski definition) is 2. The van der Waals surface area contributed by atoms with Crippen molar-refractivity contribution < 1.29 is 9.59 Å². The van der Waals surface area contributed by atoms with E-state index in [-0.39, 0.29) is 18.2 Å². The van der Waals surface area contributed by atoms with E-state index in [1.54, 1.807) is 0 Å². The smallest absolute Gasteiger partial charge is 0.254 e. The van der Waals surface area contributed by atoms with E-state index in [0.717, 1.165) is 15.6 Å². The Labute approximate surface area is 102 Å². The zero-order valence-electron chi connectivity index (χ0n) is 8.71. The standard InChI is InChI=1S/C12H10BrNO2/c1-7(8-3-2-4-9(13)5-8)10-6-11(15)14-12(10)16/h2-5H,6H2,1H3,(H,14,15,16). The number of imide groups is 1. The first-order valence-electron chi connectivity index (χ1n) is 4.88. The molecular weight excluding hydrogens is 270 g/mol. The first kappa shape index (κ1) is 11.1. The second kappa shape index (κ2) is 4.22. The van der Waals surface area contributed by atoms with Crippen molar-refractivity contribution in [2.24, 2.45) is 0 Å². The fourth-order valence-corrected chi connectivity index (χ4v) is 2.09. The minimum Gasteiger partial charge on any atom is -0.292 e. The molecule has 1 heterocycles. The summed E-state index contributed by atoms with van der Waals surface area (Å²) in [6, 6.07) is 7.67. The molecule has 0 radical (unpaired) electrons. The Morgan fingerprint density at radius 1 is 1.38 bits per heavy atom. The van der Waals surface area contributed by atoms with Crippen LogP contribution in [0.1, 0.15) is 18.9 Å².